The number of carboxylic acids is 1. The van der Waals surface area contributed by atoms with E-state index in [0.29, 0.717) is 25.1 Å². The van der Waals surface area contributed by atoms with E-state index >= 15 is 0 Å². The Morgan fingerprint density at radius 3 is 2.61 bits per heavy atom. The Morgan fingerprint density at radius 1 is 1.48 bits per heavy atom. The van der Waals surface area contributed by atoms with Gasteiger partial charge in [-0.1, -0.05) is 6.92 Å². The summed E-state index contributed by atoms with van der Waals surface area (Å²) < 4.78 is 0. The second-order valence-corrected chi connectivity index (χ2v) is 6.26. The number of carbonyl (C=O) groups excluding carboxylic acids is 1. The van der Waals surface area contributed by atoms with E-state index < -0.39 is 18.0 Å². The Kier molecular flexibility index (Phi) is 5.39. The highest BCUT2D eigenvalue weighted by molar-refractivity contribution is 5.97. The zero-order chi connectivity index (χ0) is 17.1. The maximum atomic E-state index is 12.1. The smallest absolute Gasteiger partial charge is 0.352 e. The Morgan fingerprint density at radius 2 is 2.17 bits per heavy atom. The molecule has 126 valence electrons. The molecular weight excluding hydrogens is 298 g/mol. The number of β-lactam (4-membered cyclic amide) rings is 1. The van der Waals surface area contributed by atoms with Crippen molar-refractivity contribution in [2.24, 2.45) is 11.8 Å². The summed E-state index contributed by atoms with van der Waals surface area (Å²) in [4.78, 5) is 27.1. The molecule has 2 rings (SSSR count). The van der Waals surface area contributed by atoms with Crippen LogP contribution in [0.25, 0.3) is 0 Å². The maximum Gasteiger partial charge on any atom is 0.352 e. The second-order valence-electron chi connectivity index (χ2n) is 6.26. The number of aliphatic carboxylic acids is 1. The van der Waals surface area contributed by atoms with Crippen LogP contribution in [0.3, 0.4) is 0 Å². The number of aliphatic hydroxyl groups excluding tert-OH is 1. The van der Waals surface area contributed by atoms with Crippen molar-refractivity contribution >= 4 is 11.9 Å². The molecule has 2 aliphatic heterocycles. The van der Waals surface area contributed by atoms with Gasteiger partial charge in [-0.3, -0.25) is 9.69 Å². The Hall–Kier alpha value is -1.91. The predicted molar refractivity (Wildman–Crippen MR) is 82.0 cm³/mol. The van der Waals surface area contributed by atoms with E-state index in [2.05, 4.69) is 11.0 Å². The molecule has 1 amide bonds. The van der Waals surface area contributed by atoms with Gasteiger partial charge in [0.05, 0.1) is 24.0 Å². The van der Waals surface area contributed by atoms with Crippen molar-refractivity contribution in [2.45, 2.75) is 32.8 Å². The molecule has 2 saturated heterocycles. The Labute approximate surface area is 135 Å². The van der Waals surface area contributed by atoms with Crippen LogP contribution in [0.2, 0.25) is 0 Å². The molecule has 2 aliphatic rings. The van der Waals surface area contributed by atoms with Gasteiger partial charge in [0, 0.05) is 19.6 Å². The summed E-state index contributed by atoms with van der Waals surface area (Å²) in [7, 11) is 0. The monoisotopic (exact) mass is 321 g/mol. The molecule has 23 heavy (non-hydrogen) atoms. The number of hydrogen-bond acceptors (Lipinski definition) is 5. The molecule has 0 spiro atoms. The van der Waals surface area contributed by atoms with Crippen LogP contribution in [0.4, 0.5) is 0 Å². The molecular formula is C16H23N3O4. The summed E-state index contributed by atoms with van der Waals surface area (Å²) in [5.41, 5.74) is 0.725. The molecule has 0 aliphatic carbocycles. The second kappa shape index (κ2) is 7.11. The van der Waals surface area contributed by atoms with Crippen LogP contribution in [0, 0.1) is 23.2 Å². The third-order valence-corrected chi connectivity index (χ3v) is 4.65. The number of amides is 1. The van der Waals surface area contributed by atoms with Crippen molar-refractivity contribution in [3.8, 4) is 6.07 Å². The van der Waals surface area contributed by atoms with Crippen LogP contribution < -0.4 is 0 Å². The Bertz CT molecular complexity index is 564. The summed E-state index contributed by atoms with van der Waals surface area (Å²) in [6, 6.07) is 2.24. The molecule has 2 N–H and O–H groups in total. The first kappa shape index (κ1) is 17.4. The van der Waals surface area contributed by atoms with E-state index in [1.54, 1.807) is 0 Å². The highest BCUT2D eigenvalue weighted by atomic mass is 16.4. The minimum Gasteiger partial charge on any atom is -0.477 e. The van der Waals surface area contributed by atoms with Gasteiger partial charge in [-0.25, -0.2) is 4.79 Å². The molecule has 7 nitrogen and oxygen atoms in total. The van der Waals surface area contributed by atoms with Gasteiger partial charge in [0.25, 0.3) is 0 Å². The van der Waals surface area contributed by atoms with Crippen LogP contribution in [-0.2, 0) is 9.59 Å². The molecule has 2 heterocycles. The number of nitriles is 1. The fourth-order valence-corrected chi connectivity index (χ4v) is 3.18. The summed E-state index contributed by atoms with van der Waals surface area (Å²) >= 11 is 0. The molecule has 1 unspecified atom stereocenters. The molecule has 2 fully saturated rings. The number of hydrogen-bond donors (Lipinski definition) is 2. The van der Waals surface area contributed by atoms with E-state index in [0.717, 1.165) is 13.0 Å². The largest absolute Gasteiger partial charge is 0.477 e. The van der Waals surface area contributed by atoms with Gasteiger partial charge in [-0.15, -0.1) is 0 Å². The Balaban J connectivity index is 2.16. The quantitative estimate of drug-likeness (QED) is 0.542. The van der Waals surface area contributed by atoms with Gasteiger partial charge in [0.1, 0.15) is 5.70 Å². The lowest BCUT2D eigenvalue weighted by Gasteiger charge is -2.41. The number of nitrogens with zero attached hydrogens (tertiary/aromatic N) is 3. The number of rotatable bonds is 6. The average molecular weight is 321 g/mol. The average Bonchev–Trinajstić information content (AvgIpc) is 2.95. The lowest BCUT2D eigenvalue weighted by Crippen LogP contribution is -2.57. The SMILES string of the molecule is CC/C(CN1CC[C@H](C#N)C1)=C(/C(=O)O)N1CC([C@@H](C)O)C1=O. The number of aliphatic hydroxyl groups is 1. The first-order valence-corrected chi connectivity index (χ1v) is 7.95. The first-order chi connectivity index (χ1) is 10.9. The van der Waals surface area contributed by atoms with E-state index in [4.69, 9.17) is 5.26 Å². The first-order valence-electron chi connectivity index (χ1n) is 7.95. The van der Waals surface area contributed by atoms with Crippen molar-refractivity contribution in [2.75, 3.05) is 26.2 Å². The molecule has 0 radical (unpaired) electrons. The standard InChI is InChI=1S/C16H23N3O4/c1-3-12(8-18-5-4-11(6-17)7-18)14(16(22)23)19-9-13(10(2)20)15(19)21/h10-11,13,20H,3-5,7-9H2,1-2H3,(H,22,23)/b14-12+/t10-,11-,13?/m1/s1. The molecule has 7 heteroatoms. The van der Waals surface area contributed by atoms with Crippen molar-refractivity contribution in [1.29, 1.82) is 5.26 Å². The van der Waals surface area contributed by atoms with Crippen LogP contribution in [-0.4, -0.2) is 64.2 Å². The van der Waals surface area contributed by atoms with Crippen molar-refractivity contribution in [1.82, 2.24) is 9.80 Å². The van der Waals surface area contributed by atoms with Gasteiger partial charge in [-0.05, 0) is 31.9 Å². The summed E-state index contributed by atoms with van der Waals surface area (Å²) in [6.07, 6.45) is 0.551. The predicted octanol–water partition coefficient (Wildman–Crippen LogP) is 0.420. The van der Waals surface area contributed by atoms with Crippen LogP contribution >= 0.6 is 0 Å². The van der Waals surface area contributed by atoms with E-state index in [9.17, 15) is 19.8 Å². The molecule has 0 saturated carbocycles. The zero-order valence-corrected chi connectivity index (χ0v) is 13.5. The maximum absolute atomic E-state index is 12.1. The summed E-state index contributed by atoms with van der Waals surface area (Å²) in [6.45, 7) is 5.50. The van der Waals surface area contributed by atoms with Crippen molar-refractivity contribution in [3.63, 3.8) is 0 Å². The molecule has 0 aromatic rings. The van der Waals surface area contributed by atoms with Crippen molar-refractivity contribution in [3.05, 3.63) is 11.3 Å². The van der Waals surface area contributed by atoms with Crippen LogP contribution in [0.5, 0.6) is 0 Å². The van der Waals surface area contributed by atoms with Gasteiger partial charge >= 0.3 is 5.97 Å². The van der Waals surface area contributed by atoms with E-state index in [-0.39, 0.29) is 24.1 Å². The molecule has 0 aromatic carbocycles. The fourth-order valence-electron chi connectivity index (χ4n) is 3.18. The highest BCUT2D eigenvalue weighted by Crippen LogP contribution is 2.29. The van der Waals surface area contributed by atoms with Gasteiger partial charge in [0.15, 0.2) is 0 Å². The van der Waals surface area contributed by atoms with Gasteiger partial charge in [0.2, 0.25) is 5.91 Å². The lowest BCUT2D eigenvalue weighted by atomic mass is 9.91. The summed E-state index contributed by atoms with van der Waals surface area (Å²) in [5, 5.41) is 28.0. The number of likely N-dealkylation sites (tertiary alicyclic amines) is 2. The van der Waals surface area contributed by atoms with E-state index in [1.165, 1.54) is 11.8 Å². The van der Waals surface area contributed by atoms with Gasteiger partial charge in [-0.2, -0.15) is 5.26 Å². The third-order valence-electron chi connectivity index (χ3n) is 4.65. The molecule has 3 atom stereocenters. The lowest BCUT2D eigenvalue weighted by molar-refractivity contribution is -0.155. The zero-order valence-electron chi connectivity index (χ0n) is 13.5. The number of carbonyl (C=O) groups is 2. The number of carboxylic acid groups (broad SMARTS) is 1. The molecule has 0 aromatic heterocycles. The topological polar surface area (TPSA) is 105 Å². The summed E-state index contributed by atoms with van der Waals surface area (Å²) in [5.74, 6) is -1.97. The van der Waals surface area contributed by atoms with Crippen LogP contribution in [0.1, 0.15) is 26.7 Å². The fraction of sp³-hybridized carbons (Fsp3) is 0.688. The molecule has 0 bridgehead atoms. The normalized spacial score (nSPS) is 27.2. The third kappa shape index (κ3) is 3.54. The van der Waals surface area contributed by atoms with Gasteiger partial charge < -0.3 is 15.1 Å². The van der Waals surface area contributed by atoms with Crippen LogP contribution in [0.15, 0.2) is 11.3 Å². The minimum absolute atomic E-state index is 0.00774. The highest BCUT2D eigenvalue weighted by Gasteiger charge is 2.44. The minimum atomic E-state index is -1.12. The van der Waals surface area contributed by atoms with Crippen molar-refractivity contribution < 1.29 is 19.8 Å². The van der Waals surface area contributed by atoms with E-state index in [1.807, 2.05) is 6.92 Å².